The van der Waals surface area contributed by atoms with Gasteiger partial charge >= 0.3 is 0 Å². The van der Waals surface area contributed by atoms with Crippen molar-refractivity contribution in [3.63, 3.8) is 0 Å². The molecule has 0 aliphatic carbocycles. The highest BCUT2D eigenvalue weighted by atomic mass is 35.5. The normalized spacial score (nSPS) is 18.0. The standard InChI is InChI=1S/C19H25ClN4O2/c1-3-24(4-2)19(25)15-8-6-10-23(12-15)13-17-21-18(22-26-17)14-7-5-9-16(20)11-14/h5,7,9,11,15H,3-4,6,8,10,12-13H2,1-2H3/t15-/m0/s1. The van der Waals surface area contributed by atoms with Crippen LogP contribution in [0.15, 0.2) is 28.8 Å². The molecule has 140 valence electrons. The number of nitrogens with zero attached hydrogens (tertiary/aromatic N) is 4. The maximum atomic E-state index is 12.6. The Labute approximate surface area is 159 Å². The minimum atomic E-state index is 0.0546. The predicted molar refractivity (Wildman–Crippen MR) is 101 cm³/mol. The molecule has 6 nitrogen and oxygen atoms in total. The highest BCUT2D eigenvalue weighted by Gasteiger charge is 2.29. The van der Waals surface area contributed by atoms with Gasteiger partial charge in [0.25, 0.3) is 0 Å². The number of carbonyl (C=O) groups is 1. The van der Waals surface area contributed by atoms with E-state index in [1.54, 1.807) is 0 Å². The summed E-state index contributed by atoms with van der Waals surface area (Å²) < 4.78 is 5.41. The molecule has 2 heterocycles. The van der Waals surface area contributed by atoms with Crippen molar-refractivity contribution in [1.82, 2.24) is 19.9 Å². The van der Waals surface area contributed by atoms with Crippen molar-refractivity contribution in [3.05, 3.63) is 35.2 Å². The van der Waals surface area contributed by atoms with Crippen LogP contribution in [0.25, 0.3) is 11.4 Å². The SMILES string of the molecule is CCN(CC)C(=O)[C@H]1CCCN(Cc2nc(-c3cccc(Cl)c3)no2)C1. The van der Waals surface area contributed by atoms with Gasteiger partial charge in [-0.3, -0.25) is 9.69 Å². The summed E-state index contributed by atoms with van der Waals surface area (Å²) >= 11 is 6.02. The zero-order valence-electron chi connectivity index (χ0n) is 15.3. The third kappa shape index (κ3) is 4.43. The van der Waals surface area contributed by atoms with E-state index < -0.39 is 0 Å². The first-order valence-electron chi connectivity index (χ1n) is 9.20. The van der Waals surface area contributed by atoms with Gasteiger partial charge in [-0.25, -0.2) is 0 Å². The van der Waals surface area contributed by atoms with E-state index in [1.807, 2.05) is 43.0 Å². The first-order valence-corrected chi connectivity index (χ1v) is 9.58. The van der Waals surface area contributed by atoms with Crippen molar-refractivity contribution in [2.45, 2.75) is 33.2 Å². The summed E-state index contributed by atoms with van der Waals surface area (Å²) in [7, 11) is 0. The number of hydrogen-bond donors (Lipinski definition) is 0. The molecule has 2 aromatic rings. The Balaban J connectivity index is 1.63. The molecule has 1 saturated heterocycles. The Morgan fingerprint density at radius 3 is 2.92 bits per heavy atom. The molecule has 1 aromatic heterocycles. The van der Waals surface area contributed by atoms with E-state index in [9.17, 15) is 4.79 Å². The predicted octanol–water partition coefficient (Wildman–Crippen LogP) is 3.47. The molecular formula is C19H25ClN4O2. The molecule has 1 fully saturated rings. The number of carbonyl (C=O) groups excluding carboxylic acids is 1. The van der Waals surface area contributed by atoms with E-state index in [-0.39, 0.29) is 11.8 Å². The van der Waals surface area contributed by atoms with Crippen molar-refractivity contribution in [1.29, 1.82) is 0 Å². The second-order valence-electron chi connectivity index (χ2n) is 6.61. The van der Waals surface area contributed by atoms with E-state index in [1.165, 1.54) is 0 Å². The van der Waals surface area contributed by atoms with Gasteiger partial charge in [-0.2, -0.15) is 4.98 Å². The molecule has 1 amide bonds. The second-order valence-corrected chi connectivity index (χ2v) is 7.04. The van der Waals surface area contributed by atoms with E-state index in [4.69, 9.17) is 16.1 Å². The lowest BCUT2D eigenvalue weighted by Gasteiger charge is -2.33. The van der Waals surface area contributed by atoms with Gasteiger partial charge < -0.3 is 9.42 Å². The van der Waals surface area contributed by atoms with E-state index in [0.29, 0.717) is 23.3 Å². The third-order valence-corrected chi connectivity index (χ3v) is 5.07. The molecule has 0 radical (unpaired) electrons. The number of aromatic nitrogens is 2. The summed E-state index contributed by atoms with van der Waals surface area (Å²) in [5.74, 6) is 1.41. The molecule has 26 heavy (non-hydrogen) atoms. The van der Waals surface area contributed by atoms with Crippen LogP contribution in [0.1, 0.15) is 32.6 Å². The number of rotatable bonds is 6. The van der Waals surface area contributed by atoms with Crippen LogP contribution >= 0.6 is 11.6 Å². The van der Waals surface area contributed by atoms with Gasteiger partial charge in [0.1, 0.15) is 0 Å². The van der Waals surface area contributed by atoms with Crippen LogP contribution in [-0.2, 0) is 11.3 Å². The summed E-state index contributed by atoms with van der Waals surface area (Å²) in [6.45, 7) is 7.82. The minimum absolute atomic E-state index is 0.0546. The maximum absolute atomic E-state index is 12.6. The van der Waals surface area contributed by atoms with E-state index >= 15 is 0 Å². The Morgan fingerprint density at radius 1 is 1.38 bits per heavy atom. The zero-order valence-corrected chi connectivity index (χ0v) is 16.1. The fourth-order valence-corrected chi connectivity index (χ4v) is 3.64. The molecule has 7 heteroatoms. The van der Waals surface area contributed by atoms with Crippen LogP contribution in [0, 0.1) is 5.92 Å². The van der Waals surface area contributed by atoms with Crippen LogP contribution < -0.4 is 0 Å². The Kier molecular flexibility index (Phi) is 6.27. The molecule has 0 N–H and O–H groups in total. The summed E-state index contributed by atoms with van der Waals surface area (Å²) in [5, 5.41) is 4.70. The van der Waals surface area contributed by atoms with Crippen LogP contribution in [-0.4, -0.2) is 52.0 Å². The first kappa shape index (κ1) is 18.9. The smallest absolute Gasteiger partial charge is 0.241 e. The van der Waals surface area contributed by atoms with Gasteiger partial charge in [0.2, 0.25) is 17.6 Å². The third-order valence-electron chi connectivity index (χ3n) is 4.84. The summed E-state index contributed by atoms with van der Waals surface area (Å²) in [6.07, 6.45) is 1.95. The van der Waals surface area contributed by atoms with Crippen LogP contribution in [0.4, 0.5) is 0 Å². The van der Waals surface area contributed by atoms with E-state index in [2.05, 4.69) is 15.0 Å². The molecule has 1 aromatic carbocycles. The van der Waals surface area contributed by atoms with Gasteiger partial charge in [-0.1, -0.05) is 28.9 Å². The number of benzene rings is 1. The monoisotopic (exact) mass is 376 g/mol. The van der Waals surface area contributed by atoms with Crippen molar-refractivity contribution in [2.75, 3.05) is 26.2 Å². The fraction of sp³-hybridized carbons (Fsp3) is 0.526. The molecule has 0 bridgehead atoms. The first-order chi connectivity index (χ1) is 12.6. The lowest BCUT2D eigenvalue weighted by molar-refractivity contribution is -0.137. The summed E-state index contributed by atoms with van der Waals surface area (Å²) in [6, 6.07) is 7.39. The number of hydrogen-bond acceptors (Lipinski definition) is 5. The quantitative estimate of drug-likeness (QED) is 0.772. The minimum Gasteiger partial charge on any atom is -0.343 e. The molecule has 1 aliphatic heterocycles. The van der Waals surface area contributed by atoms with Gasteiger partial charge in [0.05, 0.1) is 12.5 Å². The largest absolute Gasteiger partial charge is 0.343 e. The topological polar surface area (TPSA) is 62.5 Å². The van der Waals surface area contributed by atoms with Gasteiger partial charge in [0.15, 0.2) is 0 Å². The number of piperidine rings is 1. The average Bonchev–Trinajstić information content (AvgIpc) is 3.11. The zero-order chi connectivity index (χ0) is 18.5. The van der Waals surface area contributed by atoms with Crippen molar-refractivity contribution in [3.8, 4) is 11.4 Å². The summed E-state index contributed by atoms with van der Waals surface area (Å²) in [4.78, 5) is 21.2. The number of likely N-dealkylation sites (tertiary alicyclic amines) is 1. The Hall–Kier alpha value is -1.92. The maximum Gasteiger partial charge on any atom is 0.241 e. The molecule has 1 atom stereocenters. The van der Waals surface area contributed by atoms with Gasteiger partial charge in [-0.15, -0.1) is 0 Å². The molecular weight excluding hydrogens is 352 g/mol. The summed E-state index contributed by atoms with van der Waals surface area (Å²) in [5.41, 5.74) is 0.834. The second kappa shape index (κ2) is 8.64. The number of amides is 1. The number of halogens is 1. The van der Waals surface area contributed by atoms with Crippen LogP contribution in [0.3, 0.4) is 0 Å². The molecule has 0 unspecified atom stereocenters. The van der Waals surface area contributed by atoms with Gasteiger partial charge in [-0.05, 0) is 45.4 Å². The van der Waals surface area contributed by atoms with Crippen molar-refractivity contribution >= 4 is 17.5 Å². The lowest BCUT2D eigenvalue weighted by Crippen LogP contribution is -2.44. The highest BCUT2D eigenvalue weighted by molar-refractivity contribution is 6.30. The van der Waals surface area contributed by atoms with Crippen LogP contribution in [0.5, 0.6) is 0 Å². The molecule has 1 aliphatic rings. The highest BCUT2D eigenvalue weighted by Crippen LogP contribution is 2.23. The van der Waals surface area contributed by atoms with E-state index in [0.717, 1.165) is 44.6 Å². The Morgan fingerprint density at radius 2 is 2.19 bits per heavy atom. The lowest BCUT2D eigenvalue weighted by atomic mass is 9.96. The Bertz CT molecular complexity index is 745. The molecule has 0 saturated carbocycles. The van der Waals surface area contributed by atoms with Crippen molar-refractivity contribution in [2.24, 2.45) is 5.92 Å². The van der Waals surface area contributed by atoms with Crippen molar-refractivity contribution < 1.29 is 9.32 Å². The molecule has 3 rings (SSSR count). The van der Waals surface area contributed by atoms with Gasteiger partial charge in [0, 0.05) is 30.2 Å². The fourth-order valence-electron chi connectivity index (χ4n) is 3.45. The molecule has 0 spiro atoms. The average molecular weight is 377 g/mol. The van der Waals surface area contributed by atoms with Crippen LogP contribution in [0.2, 0.25) is 5.02 Å².